The van der Waals surface area contributed by atoms with Gasteiger partial charge < -0.3 is 5.32 Å². The highest BCUT2D eigenvalue weighted by Crippen LogP contribution is 2.19. The molecule has 0 spiro atoms. The molecule has 1 N–H and O–H groups in total. The molecule has 2 aliphatic rings. The van der Waals surface area contributed by atoms with E-state index in [-0.39, 0.29) is 5.91 Å². The van der Waals surface area contributed by atoms with Crippen molar-refractivity contribution >= 4 is 15.9 Å². The lowest BCUT2D eigenvalue weighted by Crippen LogP contribution is -2.48. The molecule has 8 heteroatoms. The molecule has 39 heavy (non-hydrogen) atoms. The maximum atomic E-state index is 13.0. The second-order valence-electron chi connectivity index (χ2n) is 10.7. The number of amides is 1. The molecule has 2 heterocycles. The molecule has 2 saturated heterocycles. The smallest absolute Gasteiger partial charge is 0.251 e. The van der Waals surface area contributed by atoms with Crippen molar-refractivity contribution in [3.05, 3.63) is 101 Å². The van der Waals surface area contributed by atoms with Crippen LogP contribution in [0.15, 0.2) is 77.7 Å². The molecule has 0 radical (unpaired) electrons. The number of carbonyl (C=O) groups excluding carboxylic acids is 1. The lowest BCUT2D eigenvalue weighted by Gasteiger charge is -2.34. The van der Waals surface area contributed by atoms with E-state index < -0.39 is 10.0 Å². The number of hydrogen-bond donors (Lipinski definition) is 1. The van der Waals surface area contributed by atoms with Gasteiger partial charge in [-0.1, -0.05) is 54.1 Å². The largest absolute Gasteiger partial charge is 0.348 e. The van der Waals surface area contributed by atoms with E-state index in [9.17, 15) is 13.2 Å². The van der Waals surface area contributed by atoms with Crippen molar-refractivity contribution < 1.29 is 13.2 Å². The third-order valence-electron chi connectivity index (χ3n) is 7.66. The lowest BCUT2D eigenvalue weighted by atomic mass is 10.1. The Morgan fingerprint density at radius 2 is 1.36 bits per heavy atom. The molecule has 206 valence electrons. The highest BCUT2D eigenvalue weighted by Gasteiger charge is 2.28. The fourth-order valence-electron chi connectivity index (χ4n) is 5.33. The normalized spacial score (nSPS) is 17.4. The zero-order chi connectivity index (χ0) is 27.2. The number of aryl methyl sites for hydroxylation is 1. The molecule has 2 fully saturated rings. The van der Waals surface area contributed by atoms with Crippen LogP contribution in [0, 0.1) is 6.92 Å². The molecule has 2 aliphatic heterocycles. The molecular weight excluding hydrogens is 508 g/mol. The van der Waals surface area contributed by atoms with E-state index in [1.807, 2.05) is 43.3 Å². The van der Waals surface area contributed by atoms with E-state index >= 15 is 0 Å². The number of nitrogens with zero attached hydrogens (tertiary/aromatic N) is 3. The number of likely N-dealkylation sites (tertiary alicyclic amines) is 1. The molecular formula is C31H38N4O3S. The second-order valence-corrected chi connectivity index (χ2v) is 12.6. The summed E-state index contributed by atoms with van der Waals surface area (Å²) in [5.74, 6) is -0.0820. The minimum atomic E-state index is -3.46. The summed E-state index contributed by atoms with van der Waals surface area (Å²) in [6.45, 7) is 8.77. The van der Waals surface area contributed by atoms with Gasteiger partial charge in [0.25, 0.3) is 5.91 Å². The van der Waals surface area contributed by atoms with Crippen LogP contribution in [0.5, 0.6) is 0 Å². The summed E-state index contributed by atoms with van der Waals surface area (Å²) in [6.07, 6.45) is 2.56. The Morgan fingerprint density at radius 3 is 2.05 bits per heavy atom. The van der Waals surface area contributed by atoms with Crippen molar-refractivity contribution in [2.45, 2.75) is 44.3 Å². The van der Waals surface area contributed by atoms with Gasteiger partial charge in [0.1, 0.15) is 0 Å². The van der Waals surface area contributed by atoms with Crippen molar-refractivity contribution in [2.24, 2.45) is 0 Å². The van der Waals surface area contributed by atoms with Crippen LogP contribution in [-0.4, -0.2) is 67.7 Å². The number of carbonyl (C=O) groups is 1. The molecule has 7 nitrogen and oxygen atoms in total. The maximum Gasteiger partial charge on any atom is 0.251 e. The van der Waals surface area contributed by atoms with E-state index in [2.05, 4.69) is 39.4 Å². The number of nitrogens with one attached hydrogen (secondary N) is 1. The first-order chi connectivity index (χ1) is 18.9. The summed E-state index contributed by atoms with van der Waals surface area (Å²) in [5, 5.41) is 3.05. The average molecular weight is 547 g/mol. The number of rotatable bonds is 9. The Hall–Kier alpha value is -3.04. The SMILES string of the molecule is Cc1ccc(S(=O)(=O)N2CCN(Cc3ccc(C(=O)NCc4cccc(CN5CCCC5)c4)cc3)CC2)cc1. The van der Waals surface area contributed by atoms with Gasteiger partial charge in [-0.05, 0) is 73.8 Å². The van der Waals surface area contributed by atoms with Crippen LogP contribution in [0.2, 0.25) is 0 Å². The average Bonchev–Trinajstić information content (AvgIpc) is 3.46. The molecule has 0 aliphatic carbocycles. The van der Waals surface area contributed by atoms with Crippen LogP contribution in [-0.2, 0) is 29.7 Å². The van der Waals surface area contributed by atoms with E-state index in [1.54, 1.807) is 16.4 Å². The number of piperazine rings is 1. The Balaban J connectivity index is 1.09. The molecule has 0 unspecified atom stereocenters. The van der Waals surface area contributed by atoms with Crippen molar-refractivity contribution in [1.82, 2.24) is 19.4 Å². The molecule has 0 saturated carbocycles. The van der Waals surface area contributed by atoms with Gasteiger partial charge in [0, 0.05) is 51.4 Å². The quantitative estimate of drug-likeness (QED) is 0.439. The molecule has 0 bridgehead atoms. The summed E-state index contributed by atoms with van der Waals surface area (Å²) < 4.78 is 27.5. The van der Waals surface area contributed by atoms with Crippen LogP contribution in [0.25, 0.3) is 0 Å². The Labute approximate surface area is 232 Å². The predicted octanol–water partition coefficient (Wildman–Crippen LogP) is 4.03. The first kappa shape index (κ1) is 27.5. The van der Waals surface area contributed by atoms with E-state index in [4.69, 9.17) is 0 Å². The minimum Gasteiger partial charge on any atom is -0.348 e. The fraction of sp³-hybridized carbons (Fsp3) is 0.387. The van der Waals surface area contributed by atoms with Crippen molar-refractivity contribution in [3.8, 4) is 0 Å². The van der Waals surface area contributed by atoms with Gasteiger partial charge in [-0.15, -0.1) is 0 Å². The van der Waals surface area contributed by atoms with Crippen LogP contribution >= 0.6 is 0 Å². The lowest BCUT2D eigenvalue weighted by molar-refractivity contribution is 0.0951. The van der Waals surface area contributed by atoms with Gasteiger partial charge in [-0.3, -0.25) is 14.6 Å². The van der Waals surface area contributed by atoms with Gasteiger partial charge in [0.15, 0.2) is 0 Å². The zero-order valence-corrected chi connectivity index (χ0v) is 23.5. The molecule has 3 aromatic carbocycles. The Morgan fingerprint density at radius 1 is 0.744 bits per heavy atom. The molecule has 1 amide bonds. The standard InChI is InChI=1S/C31H38N4O3S/c1-25-7-13-30(14-8-25)39(37,38)35-19-17-34(18-20-35)23-26-9-11-29(12-10-26)31(36)32-22-27-5-4-6-28(21-27)24-33-15-2-3-16-33/h4-14,21H,2-3,15-20,22-24H2,1H3,(H,32,36). The summed E-state index contributed by atoms with van der Waals surface area (Å²) in [5.41, 5.74) is 5.19. The minimum absolute atomic E-state index is 0.0820. The third kappa shape index (κ3) is 7.13. The molecule has 0 aromatic heterocycles. The summed E-state index contributed by atoms with van der Waals surface area (Å²) in [6, 6.07) is 23.2. The van der Waals surface area contributed by atoms with Crippen LogP contribution < -0.4 is 5.32 Å². The van der Waals surface area contributed by atoms with E-state index in [0.717, 1.165) is 29.8 Å². The zero-order valence-electron chi connectivity index (χ0n) is 22.7. The van der Waals surface area contributed by atoms with Gasteiger partial charge in [-0.25, -0.2) is 8.42 Å². The Kier molecular flexibility index (Phi) is 8.77. The van der Waals surface area contributed by atoms with Gasteiger partial charge in [0.05, 0.1) is 4.90 Å². The summed E-state index contributed by atoms with van der Waals surface area (Å²) in [7, 11) is -3.46. The fourth-order valence-corrected chi connectivity index (χ4v) is 6.75. The first-order valence-electron chi connectivity index (χ1n) is 13.8. The number of hydrogen-bond acceptors (Lipinski definition) is 5. The van der Waals surface area contributed by atoms with Gasteiger partial charge in [0.2, 0.25) is 10.0 Å². The first-order valence-corrected chi connectivity index (χ1v) is 15.3. The maximum absolute atomic E-state index is 13.0. The van der Waals surface area contributed by atoms with E-state index in [0.29, 0.717) is 43.2 Å². The van der Waals surface area contributed by atoms with Crippen LogP contribution in [0.3, 0.4) is 0 Å². The van der Waals surface area contributed by atoms with Gasteiger partial charge in [-0.2, -0.15) is 4.31 Å². The second kappa shape index (κ2) is 12.4. The van der Waals surface area contributed by atoms with Crippen molar-refractivity contribution in [3.63, 3.8) is 0 Å². The van der Waals surface area contributed by atoms with Crippen LogP contribution in [0.4, 0.5) is 0 Å². The van der Waals surface area contributed by atoms with Crippen LogP contribution in [0.1, 0.15) is 45.5 Å². The monoisotopic (exact) mass is 546 g/mol. The predicted molar refractivity (Wildman–Crippen MR) is 154 cm³/mol. The Bertz CT molecular complexity index is 1360. The number of benzene rings is 3. The molecule has 5 rings (SSSR count). The number of sulfonamides is 1. The van der Waals surface area contributed by atoms with Gasteiger partial charge >= 0.3 is 0 Å². The highest BCUT2D eigenvalue weighted by molar-refractivity contribution is 7.89. The third-order valence-corrected chi connectivity index (χ3v) is 9.57. The molecule has 3 aromatic rings. The van der Waals surface area contributed by atoms with Crippen molar-refractivity contribution in [1.29, 1.82) is 0 Å². The van der Waals surface area contributed by atoms with Crippen molar-refractivity contribution in [2.75, 3.05) is 39.3 Å². The highest BCUT2D eigenvalue weighted by atomic mass is 32.2. The molecule has 0 atom stereocenters. The summed E-state index contributed by atoms with van der Waals surface area (Å²) >= 11 is 0. The summed E-state index contributed by atoms with van der Waals surface area (Å²) in [4.78, 5) is 17.8. The van der Waals surface area contributed by atoms with E-state index in [1.165, 1.54) is 31.5 Å². The topological polar surface area (TPSA) is 73.0 Å².